The SMILES string of the molecule is CCCn1ncnc1C(O)c1ccc(N)cc1Br. The van der Waals surface area contributed by atoms with Gasteiger partial charge >= 0.3 is 0 Å². The van der Waals surface area contributed by atoms with Crippen molar-refractivity contribution < 1.29 is 5.11 Å². The number of benzene rings is 1. The topological polar surface area (TPSA) is 77.0 Å². The van der Waals surface area contributed by atoms with Gasteiger partial charge in [-0.1, -0.05) is 28.9 Å². The first-order valence-electron chi connectivity index (χ1n) is 5.74. The maximum absolute atomic E-state index is 10.4. The van der Waals surface area contributed by atoms with Crippen molar-refractivity contribution in [3.63, 3.8) is 0 Å². The lowest BCUT2D eigenvalue weighted by molar-refractivity contribution is 0.201. The molecule has 0 amide bonds. The van der Waals surface area contributed by atoms with Crippen LogP contribution in [0.1, 0.15) is 30.8 Å². The van der Waals surface area contributed by atoms with Gasteiger partial charge in [-0.15, -0.1) is 0 Å². The molecule has 3 N–H and O–H groups in total. The molecule has 2 aromatic rings. The summed E-state index contributed by atoms with van der Waals surface area (Å²) in [5.74, 6) is 0.544. The van der Waals surface area contributed by atoms with Crippen LogP contribution in [-0.2, 0) is 6.54 Å². The normalized spacial score (nSPS) is 12.6. The van der Waals surface area contributed by atoms with E-state index in [0.717, 1.165) is 23.0 Å². The van der Waals surface area contributed by atoms with Crippen LogP contribution in [0.4, 0.5) is 5.69 Å². The molecule has 0 aliphatic rings. The summed E-state index contributed by atoms with van der Waals surface area (Å²) in [7, 11) is 0. The number of nitrogens with two attached hydrogens (primary N) is 1. The van der Waals surface area contributed by atoms with Crippen LogP contribution in [-0.4, -0.2) is 19.9 Å². The Hall–Kier alpha value is -1.40. The van der Waals surface area contributed by atoms with E-state index >= 15 is 0 Å². The van der Waals surface area contributed by atoms with Crippen molar-refractivity contribution in [1.82, 2.24) is 14.8 Å². The Morgan fingerprint density at radius 3 is 2.94 bits per heavy atom. The largest absolute Gasteiger partial charge is 0.399 e. The van der Waals surface area contributed by atoms with Gasteiger partial charge in [0, 0.05) is 22.3 Å². The molecule has 18 heavy (non-hydrogen) atoms. The van der Waals surface area contributed by atoms with Crippen LogP contribution in [0, 0.1) is 0 Å². The number of anilines is 1. The molecule has 1 heterocycles. The highest BCUT2D eigenvalue weighted by atomic mass is 79.9. The molecule has 0 bridgehead atoms. The molecule has 0 fully saturated rings. The van der Waals surface area contributed by atoms with Crippen LogP contribution in [0.15, 0.2) is 29.0 Å². The van der Waals surface area contributed by atoms with Gasteiger partial charge in [0.05, 0.1) is 0 Å². The molecule has 5 nitrogen and oxygen atoms in total. The molecule has 0 aliphatic carbocycles. The van der Waals surface area contributed by atoms with Gasteiger partial charge in [-0.05, 0) is 18.6 Å². The maximum atomic E-state index is 10.4. The standard InChI is InChI=1S/C12H15BrN4O/c1-2-5-17-12(15-7-16-17)11(18)9-4-3-8(14)6-10(9)13/h3-4,6-7,11,18H,2,5,14H2,1H3. The van der Waals surface area contributed by atoms with Crippen molar-refractivity contribution in [2.75, 3.05) is 5.73 Å². The second-order valence-electron chi connectivity index (χ2n) is 4.02. The number of rotatable bonds is 4. The van der Waals surface area contributed by atoms with Crippen molar-refractivity contribution in [2.45, 2.75) is 26.0 Å². The molecule has 2 rings (SSSR count). The number of halogens is 1. The molecule has 0 aliphatic heterocycles. The molecule has 96 valence electrons. The number of aromatic nitrogens is 3. The van der Waals surface area contributed by atoms with E-state index in [2.05, 4.69) is 32.9 Å². The Labute approximate surface area is 114 Å². The number of aryl methyl sites for hydroxylation is 1. The minimum atomic E-state index is -0.811. The average Bonchev–Trinajstić information content (AvgIpc) is 2.77. The first-order valence-corrected chi connectivity index (χ1v) is 6.53. The van der Waals surface area contributed by atoms with Crippen molar-refractivity contribution in [1.29, 1.82) is 0 Å². The number of aliphatic hydroxyl groups is 1. The van der Waals surface area contributed by atoms with E-state index in [4.69, 9.17) is 5.73 Å². The van der Waals surface area contributed by atoms with Gasteiger partial charge in [-0.2, -0.15) is 5.10 Å². The van der Waals surface area contributed by atoms with Crippen LogP contribution in [0.3, 0.4) is 0 Å². The Kier molecular flexibility index (Phi) is 3.98. The molecule has 1 unspecified atom stereocenters. The third kappa shape index (κ3) is 2.54. The fourth-order valence-corrected chi connectivity index (χ4v) is 2.39. The Balaban J connectivity index is 2.35. The summed E-state index contributed by atoms with van der Waals surface area (Å²) < 4.78 is 2.48. The molecular weight excluding hydrogens is 296 g/mol. The first kappa shape index (κ1) is 13.0. The molecule has 0 saturated carbocycles. The van der Waals surface area contributed by atoms with Gasteiger partial charge in [0.1, 0.15) is 12.4 Å². The summed E-state index contributed by atoms with van der Waals surface area (Å²) in [6.45, 7) is 2.79. The number of nitrogens with zero attached hydrogens (tertiary/aromatic N) is 3. The summed E-state index contributed by atoms with van der Waals surface area (Å²) >= 11 is 3.40. The van der Waals surface area contributed by atoms with E-state index in [1.807, 2.05) is 0 Å². The quantitative estimate of drug-likeness (QED) is 0.848. The number of hydrogen-bond acceptors (Lipinski definition) is 4. The minimum absolute atomic E-state index is 0.544. The molecule has 1 atom stereocenters. The van der Waals surface area contributed by atoms with Gasteiger partial charge in [-0.3, -0.25) is 0 Å². The third-order valence-corrected chi connectivity index (χ3v) is 3.33. The number of hydrogen-bond donors (Lipinski definition) is 2. The zero-order valence-electron chi connectivity index (χ0n) is 10.0. The van der Waals surface area contributed by atoms with Gasteiger partial charge in [0.2, 0.25) is 0 Å². The van der Waals surface area contributed by atoms with Crippen LogP contribution in [0.25, 0.3) is 0 Å². The smallest absolute Gasteiger partial charge is 0.160 e. The Morgan fingerprint density at radius 1 is 1.50 bits per heavy atom. The zero-order valence-corrected chi connectivity index (χ0v) is 11.6. The van der Waals surface area contributed by atoms with Gasteiger partial charge in [0.25, 0.3) is 0 Å². The summed E-state index contributed by atoms with van der Waals surface area (Å²) in [6, 6.07) is 5.30. The highest BCUT2D eigenvalue weighted by Crippen LogP contribution is 2.29. The lowest BCUT2D eigenvalue weighted by Gasteiger charge is -2.13. The van der Waals surface area contributed by atoms with Gasteiger partial charge in [-0.25, -0.2) is 9.67 Å². The van der Waals surface area contributed by atoms with Crippen LogP contribution in [0.5, 0.6) is 0 Å². The monoisotopic (exact) mass is 310 g/mol. The van der Waals surface area contributed by atoms with E-state index in [1.165, 1.54) is 6.33 Å². The van der Waals surface area contributed by atoms with Crippen molar-refractivity contribution in [3.05, 3.63) is 40.4 Å². The number of nitrogen functional groups attached to an aromatic ring is 1. The second kappa shape index (κ2) is 5.49. The van der Waals surface area contributed by atoms with Gasteiger partial charge < -0.3 is 10.8 Å². The summed E-state index contributed by atoms with van der Waals surface area (Å²) in [6.07, 6.45) is 1.58. The zero-order chi connectivity index (χ0) is 13.1. The molecular formula is C12H15BrN4O. The predicted octanol–water partition coefficient (Wildman–Crippen LogP) is 2.11. The third-order valence-electron chi connectivity index (χ3n) is 2.64. The van der Waals surface area contributed by atoms with E-state index in [9.17, 15) is 5.11 Å². The van der Waals surface area contributed by atoms with Crippen molar-refractivity contribution in [3.8, 4) is 0 Å². The number of aliphatic hydroxyl groups excluding tert-OH is 1. The molecule has 6 heteroatoms. The maximum Gasteiger partial charge on any atom is 0.160 e. The fourth-order valence-electron chi connectivity index (χ4n) is 1.77. The van der Waals surface area contributed by atoms with Crippen LogP contribution < -0.4 is 5.73 Å². The molecule has 1 aromatic carbocycles. The van der Waals surface area contributed by atoms with E-state index < -0.39 is 6.10 Å². The summed E-state index contributed by atoms with van der Waals surface area (Å²) in [4.78, 5) is 4.12. The molecule has 1 aromatic heterocycles. The Bertz CT molecular complexity index is 541. The van der Waals surface area contributed by atoms with Crippen molar-refractivity contribution in [2.24, 2.45) is 0 Å². The Morgan fingerprint density at radius 2 is 2.28 bits per heavy atom. The lowest BCUT2D eigenvalue weighted by Crippen LogP contribution is -2.11. The van der Waals surface area contributed by atoms with E-state index in [-0.39, 0.29) is 0 Å². The summed E-state index contributed by atoms with van der Waals surface area (Å²) in [5, 5.41) is 14.5. The van der Waals surface area contributed by atoms with E-state index in [1.54, 1.807) is 22.9 Å². The predicted molar refractivity (Wildman–Crippen MR) is 72.9 cm³/mol. The highest BCUT2D eigenvalue weighted by Gasteiger charge is 2.19. The van der Waals surface area contributed by atoms with Gasteiger partial charge in [0.15, 0.2) is 5.82 Å². The lowest BCUT2D eigenvalue weighted by atomic mass is 10.1. The molecule has 0 radical (unpaired) electrons. The highest BCUT2D eigenvalue weighted by molar-refractivity contribution is 9.10. The minimum Gasteiger partial charge on any atom is -0.399 e. The van der Waals surface area contributed by atoms with Crippen LogP contribution in [0.2, 0.25) is 0 Å². The average molecular weight is 311 g/mol. The molecule has 0 saturated heterocycles. The van der Waals surface area contributed by atoms with Crippen LogP contribution >= 0.6 is 15.9 Å². The van der Waals surface area contributed by atoms with E-state index in [0.29, 0.717) is 11.5 Å². The molecule has 0 spiro atoms. The first-order chi connectivity index (χ1) is 8.63. The summed E-state index contributed by atoms with van der Waals surface area (Å²) in [5.41, 5.74) is 7.06. The fraction of sp³-hybridized carbons (Fsp3) is 0.333. The van der Waals surface area contributed by atoms with Crippen molar-refractivity contribution >= 4 is 21.6 Å². The second-order valence-corrected chi connectivity index (χ2v) is 4.88.